The van der Waals surface area contributed by atoms with Crippen LogP contribution in [0.2, 0.25) is 0 Å². The van der Waals surface area contributed by atoms with Crippen LogP contribution >= 0.6 is 0 Å². The number of aliphatic hydroxyl groups is 4. The molecule has 0 amide bonds. The van der Waals surface area contributed by atoms with Crippen molar-refractivity contribution in [2.75, 3.05) is 13.4 Å². The van der Waals surface area contributed by atoms with E-state index in [0.717, 1.165) is 0 Å². The molecule has 1 aliphatic rings. The van der Waals surface area contributed by atoms with Crippen molar-refractivity contribution >= 4 is 0 Å². The monoisotopic (exact) mass is 180 g/mol. The lowest BCUT2D eigenvalue weighted by atomic mass is 10.1. The standard InChI is InChI=1S/C6H12O6/c7-1-3-4(9)5(10)6(12-3)11-2-8/h3-10H,1-2H2/t3-,4+,5-,6?/m1/s1. The predicted octanol–water partition coefficient (Wildman–Crippen LogP) is -2.61. The van der Waals surface area contributed by atoms with E-state index in [0.29, 0.717) is 0 Å². The molecule has 1 fully saturated rings. The van der Waals surface area contributed by atoms with E-state index >= 15 is 0 Å². The molecule has 6 nitrogen and oxygen atoms in total. The van der Waals surface area contributed by atoms with Gasteiger partial charge in [-0.05, 0) is 0 Å². The van der Waals surface area contributed by atoms with Crippen LogP contribution in [0, 0.1) is 0 Å². The Labute approximate surface area is 69.0 Å². The fourth-order valence-electron chi connectivity index (χ4n) is 1.08. The minimum atomic E-state index is -1.23. The molecule has 1 heterocycles. The van der Waals surface area contributed by atoms with Gasteiger partial charge >= 0.3 is 0 Å². The highest BCUT2D eigenvalue weighted by molar-refractivity contribution is 4.85. The summed E-state index contributed by atoms with van der Waals surface area (Å²) >= 11 is 0. The van der Waals surface area contributed by atoms with Gasteiger partial charge in [0.1, 0.15) is 25.1 Å². The Balaban J connectivity index is 2.48. The van der Waals surface area contributed by atoms with Crippen molar-refractivity contribution < 1.29 is 29.9 Å². The summed E-state index contributed by atoms with van der Waals surface area (Å²) < 4.78 is 9.37. The number of rotatable bonds is 3. The maximum absolute atomic E-state index is 9.17. The molecule has 0 aromatic rings. The van der Waals surface area contributed by atoms with Crippen LogP contribution in [0.15, 0.2) is 0 Å². The molecule has 1 saturated heterocycles. The molecule has 0 aromatic carbocycles. The molecule has 0 bridgehead atoms. The molecule has 72 valence electrons. The Morgan fingerprint density at radius 3 is 2.25 bits per heavy atom. The zero-order valence-electron chi connectivity index (χ0n) is 6.33. The van der Waals surface area contributed by atoms with Crippen LogP contribution in [0.3, 0.4) is 0 Å². The van der Waals surface area contributed by atoms with E-state index < -0.39 is 38.0 Å². The van der Waals surface area contributed by atoms with Crippen LogP contribution in [0.1, 0.15) is 0 Å². The van der Waals surface area contributed by atoms with E-state index in [4.69, 9.17) is 25.2 Å². The maximum Gasteiger partial charge on any atom is 0.189 e. The highest BCUT2D eigenvalue weighted by atomic mass is 16.7. The summed E-state index contributed by atoms with van der Waals surface area (Å²) in [4.78, 5) is 0. The number of aliphatic hydroxyl groups excluding tert-OH is 4. The quantitative estimate of drug-likeness (QED) is 0.355. The summed E-state index contributed by atoms with van der Waals surface area (Å²) in [5.74, 6) is 0. The third kappa shape index (κ3) is 1.74. The van der Waals surface area contributed by atoms with Crippen LogP contribution in [0.25, 0.3) is 0 Å². The molecular formula is C6H12O6. The normalized spacial score (nSPS) is 42.0. The summed E-state index contributed by atoms with van der Waals surface area (Å²) in [5.41, 5.74) is 0. The predicted molar refractivity (Wildman–Crippen MR) is 35.9 cm³/mol. The Kier molecular flexibility index (Phi) is 3.39. The summed E-state index contributed by atoms with van der Waals surface area (Å²) in [7, 11) is 0. The van der Waals surface area contributed by atoms with E-state index in [-0.39, 0.29) is 0 Å². The first-order chi connectivity index (χ1) is 5.70. The summed E-state index contributed by atoms with van der Waals surface area (Å²) in [5, 5.41) is 35.3. The summed E-state index contributed by atoms with van der Waals surface area (Å²) in [6.45, 7) is -1.00. The van der Waals surface area contributed by atoms with Crippen LogP contribution in [0.5, 0.6) is 0 Å². The van der Waals surface area contributed by atoms with Gasteiger partial charge in [-0.1, -0.05) is 0 Å². The van der Waals surface area contributed by atoms with Gasteiger partial charge in [-0.3, -0.25) is 0 Å². The van der Waals surface area contributed by atoms with Gasteiger partial charge in [-0.2, -0.15) is 0 Å². The first kappa shape index (κ1) is 9.85. The summed E-state index contributed by atoms with van der Waals surface area (Å²) in [6.07, 6.45) is -4.32. The SMILES string of the molecule is OCOC1O[C@H](CO)[C@H](O)[C@H]1O. The molecule has 0 spiro atoms. The first-order valence-corrected chi connectivity index (χ1v) is 3.55. The van der Waals surface area contributed by atoms with Crippen LogP contribution in [-0.4, -0.2) is 58.4 Å². The zero-order chi connectivity index (χ0) is 9.14. The average molecular weight is 180 g/mol. The highest BCUT2D eigenvalue weighted by Crippen LogP contribution is 2.21. The van der Waals surface area contributed by atoms with Gasteiger partial charge in [-0.15, -0.1) is 0 Å². The minimum absolute atomic E-state index is 0.399. The molecular weight excluding hydrogens is 168 g/mol. The lowest BCUT2D eigenvalue weighted by Crippen LogP contribution is -2.34. The van der Waals surface area contributed by atoms with Crippen molar-refractivity contribution in [1.29, 1.82) is 0 Å². The molecule has 12 heavy (non-hydrogen) atoms. The van der Waals surface area contributed by atoms with Crippen LogP contribution in [0.4, 0.5) is 0 Å². The number of hydrogen-bond acceptors (Lipinski definition) is 6. The second-order valence-corrected chi connectivity index (χ2v) is 2.50. The zero-order valence-corrected chi connectivity index (χ0v) is 6.33. The molecule has 0 aromatic heterocycles. The van der Waals surface area contributed by atoms with Crippen molar-refractivity contribution in [3.63, 3.8) is 0 Å². The first-order valence-electron chi connectivity index (χ1n) is 3.55. The molecule has 4 atom stereocenters. The van der Waals surface area contributed by atoms with Crippen molar-refractivity contribution in [2.45, 2.75) is 24.6 Å². The average Bonchev–Trinajstić information content (AvgIpc) is 2.33. The van der Waals surface area contributed by atoms with Gasteiger partial charge < -0.3 is 29.9 Å². The van der Waals surface area contributed by atoms with Gasteiger partial charge in [0.05, 0.1) is 6.61 Å². The molecule has 1 rings (SSSR count). The Morgan fingerprint density at radius 2 is 1.83 bits per heavy atom. The molecule has 0 saturated carbocycles. The van der Waals surface area contributed by atoms with Crippen molar-refractivity contribution in [1.82, 2.24) is 0 Å². The van der Waals surface area contributed by atoms with E-state index in [1.54, 1.807) is 0 Å². The Morgan fingerprint density at radius 1 is 1.17 bits per heavy atom. The van der Waals surface area contributed by atoms with Crippen LogP contribution in [-0.2, 0) is 9.47 Å². The van der Waals surface area contributed by atoms with Crippen molar-refractivity contribution in [3.05, 3.63) is 0 Å². The molecule has 0 aliphatic carbocycles. The topological polar surface area (TPSA) is 99.4 Å². The second-order valence-electron chi connectivity index (χ2n) is 2.50. The van der Waals surface area contributed by atoms with E-state index in [1.165, 1.54) is 0 Å². The van der Waals surface area contributed by atoms with Crippen molar-refractivity contribution in [2.24, 2.45) is 0 Å². The summed E-state index contributed by atoms with van der Waals surface area (Å²) in [6, 6.07) is 0. The number of hydrogen-bond donors (Lipinski definition) is 4. The smallest absolute Gasteiger partial charge is 0.189 e. The minimum Gasteiger partial charge on any atom is -0.394 e. The van der Waals surface area contributed by atoms with Gasteiger partial charge in [0.15, 0.2) is 6.29 Å². The molecule has 4 N–H and O–H groups in total. The van der Waals surface area contributed by atoms with E-state index in [2.05, 4.69) is 4.74 Å². The molecule has 1 aliphatic heterocycles. The van der Waals surface area contributed by atoms with E-state index in [9.17, 15) is 0 Å². The molecule has 1 unspecified atom stereocenters. The largest absolute Gasteiger partial charge is 0.394 e. The van der Waals surface area contributed by atoms with Gasteiger partial charge in [0.25, 0.3) is 0 Å². The Bertz CT molecular complexity index is 140. The number of ether oxygens (including phenoxy) is 2. The third-order valence-corrected chi connectivity index (χ3v) is 1.74. The highest BCUT2D eigenvalue weighted by Gasteiger charge is 2.42. The lowest BCUT2D eigenvalue weighted by Gasteiger charge is -2.12. The third-order valence-electron chi connectivity index (χ3n) is 1.74. The second kappa shape index (κ2) is 4.13. The Hall–Kier alpha value is -0.240. The lowest BCUT2D eigenvalue weighted by molar-refractivity contribution is -0.201. The van der Waals surface area contributed by atoms with E-state index in [1.807, 2.05) is 0 Å². The van der Waals surface area contributed by atoms with Gasteiger partial charge in [0, 0.05) is 0 Å². The fourth-order valence-corrected chi connectivity index (χ4v) is 1.08. The maximum atomic E-state index is 9.17. The van der Waals surface area contributed by atoms with Gasteiger partial charge in [0.2, 0.25) is 0 Å². The van der Waals surface area contributed by atoms with Crippen molar-refractivity contribution in [3.8, 4) is 0 Å². The fraction of sp³-hybridized carbons (Fsp3) is 1.00. The van der Waals surface area contributed by atoms with Gasteiger partial charge in [-0.25, -0.2) is 0 Å². The molecule has 6 heteroatoms. The molecule has 0 radical (unpaired) electrons. The van der Waals surface area contributed by atoms with Crippen LogP contribution < -0.4 is 0 Å².